The summed E-state index contributed by atoms with van der Waals surface area (Å²) in [5, 5.41) is 4.36. The van der Waals surface area contributed by atoms with Crippen LogP contribution in [0.4, 0.5) is 5.69 Å². The van der Waals surface area contributed by atoms with Crippen LogP contribution in [0.1, 0.15) is 112 Å². The van der Waals surface area contributed by atoms with Gasteiger partial charge in [-0.1, -0.05) is 26.8 Å². The number of allylic oxidation sites excluding steroid dienone is 2. The second-order valence-electron chi connectivity index (χ2n) is 12.4. The second kappa shape index (κ2) is 11.3. The highest BCUT2D eigenvalue weighted by atomic mass is 32.1. The van der Waals surface area contributed by atoms with Gasteiger partial charge in [0.25, 0.3) is 0 Å². The number of carbonyl (C=O) groups is 2. The van der Waals surface area contributed by atoms with E-state index in [4.69, 9.17) is 4.74 Å². The van der Waals surface area contributed by atoms with E-state index < -0.39 is 0 Å². The van der Waals surface area contributed by atoms with Crippen molar-refractivity contribution in [2.24, 2.45) is 17.3 Å². The van der Waals surface area contributed by atoms with Crippen molar-refractivity contribution in [3.8, 4) is 0 Å². The van der Waals surface area contributed by atoms with Gasteiger partial charge in [0.05, 0.1) is 18.8 Å². The van der Waals surface area contributed by atoms with Crippen LogP contribution in [0.25, 0.3) is 5.57 Å². The lowest BCUT2D eigenvalue weighted by Crippen LogP contribution is -2.46. The number of methoxy groups -OCH3 is 1. The molecule has 0 bridgehead atoms. The Labute approximate surface area is 230 Å². The van der Waals surface area contributed by atoms with Gasteiger partial charge in [-0.15, -0.1) is 11.3 Å². The molecule has 2 aromatic heterocycles. The minimum atomic E-state index is -0.348. The highest BCUT2D eigenvalue weighted by Gasteiger charge is 2.38. The molecule has 2 aromatic rings. The van der Waals surface area contributed by atoms with Gasteiger partial charge in [0.2, 0.25) is 5.91 Å². The molecule has 3 aliphatic rings. The number of carbonyl (C=O) groups excluding carboxylic acids is 2. The summed E-state index contributed by atoms with van der Waals surface area (Å²) in [6.45, 7) is 6.89. The summed E-state index contributed by atoms with van der Waals surface area (Å²) in [6.07, 6.45) is 16.5. The number of nitrogens with zero attached hydrogens (tertiary/aromatic N) is 4. The van der Waals surface area contributed by atoms with E-state index in [1.807, 2.05) is 9.58 Å². The van der Waals surface area contributed by atoms with Crippen LogP contribution in [-0.2, 0) is 9.53 Å². The molecule has 7 nitrogen and oxygen atoms in total. The predicted molar refractivity (Wildman–Crippen MR) is 151 cm³/mol. The van der Waals surface area contributed by atoms with E-state index >= 15 is 0 Å². The molecule has 3 aliphatic carbocycles. The van der Waals surface area contributed by atoms with Crippen molar-refractivity contribution in [2.45, 2.75) is 103 Å². The molecule has 2 saturated carbocycles. The zero-order chi connectivity index (χ0) is 26.9. The Morgan fingerprint density at radius 2 is 1.84 bits per heavy atom. The summed E-state index contributed by atoms with van der Waals surface area (Å²) >= 11 is 1.50. The van der Waals surface area contributed by atoms with Gasteiger partial charge >= 0.3 is 5.97 Å². The Morgan fingerprint density at radius 3 is 2.45 bits per heavy atom. The monoisotopic (exact) mass is 538 g/mol. The summed E-state index contributed by atoms with van der Waals surface area (Å²) < 4.78 is 7.20. The van der Waals surface area contributed by atoms with Crippen LogP contribution in [0.3, 0.4) is 0 Å². The third kappa shape index (κ3) is 5.75. The lowest BCUT2D eigenvalue weighted by atomic mass is 9.78. The minimum absolute atomic E-state index is 0.0165. The van der Waals surface area contributed by atoms with Crippen molar-refractivity contribution >= 4 is 34.5 Å². The molecule has 0 radical (unpaired) electrons. The topological polar surface area (TPSA) is 77.3 Å². The van der Waals surface area contributed by atoms with Crippen LogP contribution in [-0.4, -0.2) is 39.8 Å². The maximum Gasteiger partial charge on any atom is 0.350 e. The van der Waals surface area contributed by atoms with Gasteiger partial charge in [0, 0.05) is 16.8 Å². The molecule has 0 spiro atoms. The molecular formula is C30H42N4O3S. The van der Waals surface area contributed by atoms with E-state index in [-0.39, 0.29) is 23.8 Å². The maximum atomic E-state index is 14.3. The Hall–Kier alpha value is -2.48. The lowest BCUT2D eigenvalue weighted by Gasteiger charge is -2.39. The van der Waals surface area contributed by atoms with Crippen LogP contribution in [0, 0.1) is 17.3 Å². The van der Waals surface area contributed by atoms with E-state index in [9.17, 15) is 9.59 Å². The first-order chi connectivity index (χ1) is 18.3. The fraction of sp³-hybridized carbons (Fsp3) is 0.667. The summed E-state index contributed by atoms with van der Waals surface area (Å²) in [5.41, 5.74) is 2.35. The number of thiophene rings is 1. The molecule has 1 amide bonds. The SMILES string of the molecule is COC(=O)c1sc(C2=CCC(C)(C)CC2)cc1N(C(=O)C1CCC(C)CC1)C1CCC(n2cncn2)CC1. The zero-order valence-electron chi connectivity index (χ0n) is 23.3. The van der Waals surface area contributed by atoms with Crippen LogP contribution >= 0.6 is 11.3 Å². The van der Waals surface area contributed by atoms with Crippen molar-refractivity contribution in [1.29, 1.82) is 0 Å². The summed E-state index contributed by atoms with van der Waals surface area (Å²) in [7, 11) is 1.44. The highest BCUT2D eigenvalue weighted by molar-refractivity contribution is 7.15. The zero-order valence-corrected chi connectivity index (χ0v) is 24.1. The highest BCUT2D eigenvalue weighted by Crippen LogP contribution is 2.45. The molecular weight excluding hydrogens is 496 g/mol. The first-order valence-corrected chi connectivity index (χ1v) is 15.2. The van der Waals surface area contributed by atoms with E-state index in [0.717, 1.165) is 81.2 Å². The smallest absolute Gasteiger partial charge is 0.350 e. The molecule has 0 atom stereocenters. The van der Waals surface area contributed by atoms with Gasteiger partial charge in [0.15, 0.2) is 0 Å². The molecule has 0 N–H and O–H groups in total. The van der Waals surface area contributed by atoms with Gasteiger partial charge in [-0.3, -0.25) is 4.79 Å². The third-order valence-electron chi connectivity index (χ3n) is 9.08. The first kappa shape index (κ1) is 27.1. The number of rotatable bonds is 6. The molecule has 8 heteroatoms. The van der Waals surface area contributed by atoms with Crippen LogP contribution in [0.2, 0.25) is 0 Å². The Kier molecular flexibility index (Phi) is 8.08. The molecule has 206 valence electrons. The minimum Gasteiger partial charge on any atom is -0.465 e. The van der Waals surface area contributed by atoms with Gasteiger partial charge in [-0.25, -0.2) is 14.5 Å². The number of anilines is 1. The standard InChI is InChI=1S/C30H42N4O3S/c1-20-5-7-22(8-6-20)28(35)34(24-11-9-23(10-12-24)33-19-31-18-32-33)25-17-26(38-27(25)29(36)37-4)21-13-15-30(2,3)16-14-21/h13,17-20,22-24H,5-12,14-16H2,1-4H3. The molecule has 2 fully saturated rings. The van der Waals surface area contributed by atoms with Crippen LogP contribution in [0.15, 0.2) is 24.8 Å². The van der Waals surface area contributed by atoms with Gasteiger partial charge in [-0.05, 0) is 93.6 Å². The fourth-order valence-electron chi connectivity index (χ4n) is 6.44. The van der Waals surface area contributed by atoms with Crippen molar-refractivity contribution < 1.29 is 14.3 Å². The maximum absolute atomic E-state index is 14.3. The van der Waals surface area contributed by atoms with Gasteiger partial charge < -0.3 is 9.64 Å². The van der Waals surface area contributed by atoms with Gasteiger partial charge in [-0.2, -0.15) is 5.10 Å². The Morgan fingerprint density at radius 1 is 1.11 bits per heavy atom. The van der Waals surface area contributed by atoms with Crippen molar-refractivity contribution in [3.63, 3.8) is 0 Å². The average Bonchev–Trinajstić information content (AvgIpc) is 3.60. The van der Waals surface area contributed by atoms with Crippen molar-refractivity contribution in [2.75, 3.05) is 12.0 Å². The van der Waals surface area contributed by atoms with Crippen molar-refractivity contribution in [1.82, 2.24) is 14.8 Å². The second-order valence-corrected chi connectivity index (χ2v) is 13.5. The first-order valence-electron chi connectivity index (χ1n) is 14.3. The fourth-order valence-corrected chi connectivity index (χ4v) is 7.58. The molecule has 0 unspecified atom stereocenters. The lowest BCUT2D eigenvalue weighted by molar-refractivity contribution is -0.124. The van der Waals surface area contributed by atoms with Crippen molar-refractivity contribution in [3.05, 3.63) is 34.6 Å². The third-order valence-corrected chi connectivity index (χ3v) is 10.3. The number of hydrogen-bond acceptors (Lipinski definition) is 6. The van der Waals surface area contributed by atoms with Crippen LogP contribution in [0.5, 0.6) is 0 Å². The average molecular weight is 539 g/mol. The molecule has 2 heterocycles. The molecule has 5 rings (SSSR count). The number of ether oxygens (including phenoxy) is 1. The number of amides is 1. The van der Waals surface area contributed by atoms with Gasteiger partial charge in [0.1, 0.15) is 17.5 Å². The molecule has 38 heavy (non-hydrogen) atoms. The molecule has 0 aromatic carbocycles. The van der Waals surface area contributed by atoms with E-state index in [1.165, 1.54) is 24.0 Å². The number of esters is 1. The quantitative estimate of drug-likeness (QED) is 0.368. The normalized spacial score (nSPS) is 27.4. The summed E-state index contributed by atoms with van der Waals surface area (Å²) in [4.78, 5) is 35.2. The van der Waals surface area contributed by atoms with E-state index in [1.54, 1.807) is 12.7 Å². The number of hydrogen-bond donors (Lipinski definition) is 0. The Balaban J connectivity index is 1.48. The van der Waals surface area contributed by atoms with E-state index in [2.05, 4.69) is 43.0 Å². The largest absolute Gasteiger partial charge is 0.465 e. The molecule has 0 aliphatic heterocycles. The molecule has 0 saturated heterocycles. The summed E-state index contributed by atoms with van der Waals surface area (Å²) in [5.74, 6) is 0.531. The number of aromatic nitrogens is 3. The van der Waals surface area contributed by atoms with E-state index in [0.29, 0.717) is 22.3 Å². The predicted octanol–water partition coefficient (Wildman–Crippen LogP) is 7.06. The summed E-state index contributed by atoms with van der Waals surface area (Å²) in [6, 6.07) is 2.48. The Bertz CT molecular complexity index is 1150. The van der Waals surface area contributed by atoms with Crippen LogP contribution < -0.4 is 4.90 Å².